The van der Waals surface area contributed by atoms with Gasteiger partial charge in [-0.05, 0) is 34.4 Å². The molecule has 0 aliphatic carbocycles. The first-order valence-electron chi connectivity index (χ1n) is 6.40. The Morgan fingerprint density at radius 3 is 1.80 bits per heavy atom. The Kier molecular flexibility index (Phi) is 4.02. The number of benzene rings is 3. The molecule has 98 valence electrons. The minimum atomic E-state index is -1.17. The lowest BCUT2D eigenvalue weighted by molar-refractivity contribution is 0.648. The summed E-state index contributed by atoms with van der Waals surface area (Å²) in [7, 11) is 0. The quantitative estimate of drug-likeness (QED) is 0.555. The predicted octanol–water partition coefficient (Wildman–Crippen LogP) is 5.51. The average Bonchev–Trinajstić information content (AvgIpc) is 2.56. The highest BCUT2D eigenvalue weighted by Gasteiger charge is 2.07. The van der Waals surface area contributed by atoms with E-state index in [1.165, 1.54) is 5.56 Å². The second kappa shape index (κ2) is 6.09. The second-order valence-electron chi connectivity index (χ2n) is 4.50. The van der Waals surface area contributed by atoms with Crippen LogP contribution < -0.4 is 0 Å². The zero-order valence-corrected chi connectivity index (χ0v) is 12.9. The first-order chi connectivity index (χ1) is 9.88. The third kappa shape index (κ3) is 2.70. The van der Waals surface area contributed by atoms with Gasteiger partial charge in [-0.1, -0.05) is 66.7 Å². The summed E-state index contributed by atoms with van der Waals surface area (Å²) in [5.74, 6) is 0. The van der Waals surface area contributed by atoms with E-state index >= 15 is 0 Å². The SMILES string of the molecule is O=Ic1ccc(-c2ccccc2)cc1-c1ccccc1. The molecule has 3 rings (SSSR count). The van der Waals surface area contributed by atoms with Crippen molar-refractivity contribution in [1.29, 1.82) is 0 Å². The van der Waals surface area contributed by atoms with Gasteiger partial charge < -0.3 is 0 Å². The van der Waals surface area contributed by atoms with E-state index in [1.54, 1.807) is 0 Å². The van der Waals surface area contributed by atoms with Gasteiger partial charge in [-0.25, -0.2) is 0 Å². The molecule has 1 nitrogen and oxygen atoms in total. The van der Waals surface area contributed by atoms with Gasteiger partial charge in [0.15, 0.2) is 21.2 Å². The molecule has 0 radical (unpaired) electrons. The predicted molar refractivity (Wildman–Crippen MR) is 90.7 cm³/mol. The maximum Gasteiger partial charge on any atom is 0.182 e. The molecule has 0 saturated carbocycles. The van der Waals surface area contributed by atoms with Crippen LogP contribution in [0, 0.1) is 3.57 Å². The maximum absolute atomic E-state index is 11.5. The van der Waals surface area contributed by atoms with Gasteiger partial charge in [0.2, 0.25) is 0 Å². The summed E-state index contributed by atoms with van der Waals surface area (Å²) in [6, 6.07) is 26.6. The van der Waals surface area contributed by atoms with Gasteiger partial charge in [-0.3, -0.25) is 3.07 Å². The molecule has 0 saturated heterocycles. The Labute approximate surface area is 128 Å². The first-order valence-corrected chi connectivity index (χ1v) is 8.36. The molecule has 0 amide bonds. The van der Waals surface area contributed by atoms with Crippen LogP contribution in [-0.4, -0.2) is 0 Å². The molecular weight excluding hydrogens is 359 g/mol. The summed E-state index contributed by atoms with van der Waals surface area (Å²) in [6.07, 6.45) is 0. The van der Waals surface area contributed by atoms with Gasteiger partial charge >= 0.3 is 0 Å². The molecule has 3 aromatic rings. The van der Waals surface area contributed by atoms with Crippen molar-refractivity contribution in [3.63, 3.8) is 0 Å². The Bertz CT molecular complexity index is 721. The molecule has 20 heavy (non-hydrogen) atoms. The lowest BCUT2D eigenvalue weighted by Crippen LogP contribution is -1.85. The molecule has 0 aromatic heterocycles. The van der Waals surface area contributed by atoms with Crippen molar-refractivity contribution < 1.29 is 3.07 Å². The van der Waals surface area contributed by atoms with Crippen molar-refractivity contribution in [3.8, 4) is 22.3 Å². The van der Waals surface area contributed by atoms with E-state index in [1.807, 2.05) is 42.5 Å². The van der Waals surface area contributed by atoms with Crippen LogP contribution in [0.1, 0.15) is 0 Å². The van der Waals surface area contributed by atoms with Crippen LogP contribution in [0.3, 0.4) is 0 Å². The Hall–Kier alpha value is -1.81. The minimum absolute atomic E-state index is 0.953. The minimum Gasteiger partial charge on any atom is -0.265 e. The van der Waals surface area contributed by atoms with Crippen molar-refractivity contribution in [1.82, 2.24) is 0 Å². The summed E-state index contributed by atoms with van der Waals surface area (Å²) in [4.78, 5) is 0. The Balaban J connectivity index is 2.16. The summed E-state index contributed by atoms with van der Waals surface area (Å²) >= 11 is -1.17. The highest BCUT2D eigenvalue weighted by atomic mass is 127. The molecule has 0 aliphatic rings. The molecular formula is C18H13IO. The summed E-state index contributed by atoms with van der Waals surface area (Å²) in [5.41, 5.74) is 4.54. The fraction of sp³-hybridized carbons (Fsp3) is 0. The zero-order chi connectivity index (χ0) is 13.8. The Morgan fingerprint density at radius 2 is 1.20 bits per heavy atom. The molecule has 3 aromatic carbocycles. The molecule has 0 N–H and O–H groups in total. The topological polar surface area (TPSA) is 17.1 Å². The Morgan fingerprint density at radius 1 is 0.600 bits per heavy atom. The van der Waals surface area contributed by atoms with E-state index in [9.17, 15) is 3.07 Å². The van der Waals surface area contributed by atoms with Crippen LogP contribution >= 0.6 is 21.2 Å². The number of hydrogen-bond acceptors (Lipinski definition) is 1. The van der Waals surface area contributed by atoms with Crippen molar-refractivity contribution in [2.75, 3.05) is 0 Å². The van der Waals surface area contributed by atoms with E-state index in [0.29, 0.717) is 0 Å². The summed E-state index contributed by atoms with van der Waals surface area (Å²) in [5, 5.41) is 0. The number of hydrogen-bond donors (Lipinski definition) is 0. The van der Waals surface area contributed by atoms with Gasteiger partial charge in [0.05, 0.1) is 3.57 Å². The average molecular weight is 372 g/mol. The van der Waals surface area contributed by atoms with Gasteiger partial charge in [0.25, 0.3) is 0 Å². The fourth-order valence-electron chi connectivity index (χ4n) is 2.24. The van der Waals surface area contributed by atoms with E-state index in [0.717, 1.165) is 20.3 Å². The van der Waals surface area contributed by atoms with Gasteiger partial charge in [0.1, 0.15) is 0 Å². The molecule has 0 heterocycles. The molecule has 0 aliphatic heterocycles. The van der Waals surface area contributed by atoms with Crippen molar-refractivity contribution in [3.05, 3.63) is 82.4 Å². The van der Waals surface area contributed by atoms with Crippen LogP contribution in [0.4, 0.5) is 0 Å². The third-order valence-corrected chi connectivity index (χ3v) is 4.66. The van der Waals surface area contributed by atoms with Crippen molar-refractivity contribution in [2.24, 2.45) is 0 Å². The molecule has 0 spiro atoms. The van der Waals surface area contributed by atoms with E-state index in [4.69, 9.17) is 0 Å². The first kappa shape index (κ1) is 13.2. The zero-order valence-electron chi connectivity index (χ0n) is 10.8. The van der Waals surface area contributed by atoms with E-state index in [-0.39, 0.29) is 0 Å². The number of rotatable bonds is 3. The highest BCUT2D eigenvalue weighted by molar-refractivity contribution is 14.1. The van der Waals surface area contributed by atoms with Gasteiger partial charge in [-0.15, -0.1) is 0 Å². The lowest BCUT2D eigenvalue weighted by Gasteiger charge is -2.08. The smallest absolute Gasteiger partial charge is 0.182 e. The van der Waals surface area contributed by atoms with Gasteiger partial charge in [0, 0.05) is 0 Å². The van der Waals surface area contributed by atoms with Crippen molar-refractivity contribution >= 4 is 21.2 Å². The summed E-state index contributed by atoms with van der Waals surface area (Å²) < 4.78 is 12.4. The molecule has 0 fully saturated rings. The lowest BCUT2D eigenvalue weighted by atomic mass is 9.99. The van der Waals surface area contributed by atoms with Crippen LogP contribution in [0.2, 0.25) is 0 Å². The largest absolute Gasteiger partial charge is 0.265 e. The van der Waals surface area contributed by atoms with Crippen LogP contribution in [-0.2, 0) is 3.07 Å². The van der Waals surface area contributed by atoms with Crippen LogP contribution in [0.25, 0.3) is 22.3 Å². The normalized spacial score (nSPS) is 10.4. The van der Waals surface area contributed by atoms with Crippen LogP contribution in [0.5, 0.6) is 0 Å². The van der Waals surface area contributed by atoms with Gasteiger partial charge in [-0.2, -0.15) is 0 Å². The maximum atomic E-state index is 11.5. The fourth-order valence-corrected chi connectivity index (χ4v) is 3.27. The standard InChI is InChI=1S/C18H13IO/c20-19-18-12-11-16(14-7-3-1-4-8-14)13-17(18)15-9-5-2-6-10-15/h1-13H. The molecule has 0 atom stereocenters. The third-order valence-electron chi connectivity index (χ3n) is 3.24. The number of halogens is 1. The van der Waals surface area contributed by atoms with Crippen LogP contribution in [0.15, 0.2) is 78.9 Å². The molecule has 2 heteroatoms. The second-order valence-corrected chi connectivity index (χ2v) is 6.11. The molecule has 0 bridgehead atoms. The van der Waals surface area contributed by atoms with Crippen molar-refractivity contribution in [2.45, 2.75) is 0 Å². The summed E-state index contributed by atoms with van der Waals surface area (Å²) in [6.45, 7) is 0. The van der Waals surface area contributed by atoms with E-state index < -0.39 is 21.2 Å². The van der Waals surface area contributed by atoms with E-state index in [2.05, 4.69) is 36.4 Å². The monoisotopic (exact) mass is 372 g/mol. The highest BCUT2D eigenvalue weighted by Crippen LogP contribution is 2.31. The molecule has 0 unspecified atom stereocenters.